The summed E-state index contributed by atoms with van der Waals surface area (Å²) in [6, 6.07) is 5.33. The van der Waals surface area contributed by atoms with Crippen LogP contribution in [0.2, 0.25) is 5.02 Å². The zero-order valence-electron chi connectivity index (χ0n) is 14.1. The molecule has 0 fully saturated rings. The molecule has 0 spiro atoms. The minimum Gasteiger partial charge on any atom is -0.486 e. The Hall–Kier alpha value is -2.87. The highest BCUT2D eigenvalue weighted by Crippen LogP contribution is 2.38. The standard InChI is InChI=1S/C18H14ClF2NO5/c1-9(17(23)22-14-8-11(20)2-3-13(14)21)27-18(24)10-6-12(19)16-15(7-10)25-4-5-26-16/h2-3,6-9H,4-5H2,1H3,(H,22,23)/t9-/m0/s1. The molecule has 1 heterocycles. The lowest BCUT2D eigenvalue weighted by Crippen LogP contribution is -2.30. The van der Waals surface area contributed by atoms with Gasteiger partial charge in [-0.15, -0.1) is 0 Å². The number of nitrogens with one attached hydrogen (secondary N) is 1. The maximum absolute atomic E-state index is 13.6. The summed E-state index contributed by atoms with van der Waals surface area (Å²) in [4.78, 5) is 24.4. The van der Waals surface area contributed by atoms with E-state index < -0.39 is 29.6 Å². The van der Waals surface area contributed by atoms with Gasteiger partial charge in [0.2, 0.25) is 0 Å². The zero-order valence-corrected chi connectivity index (χ0v) is 14.8. The second-order valence-corrected chi connectivity index (χ2v) is 6.05. The molecular formula is C18H14ClF2NO5. The van der Waals surface area contributed by atoms with Crippen LogP contribution in [0.1, 0.15) is 17.3 Å². The topological polar surface area (TPSA) is 73.9 Å². The third-order valence-electron chi connectivity index (χ3n) is 3.67. The molecule has 0 radical (unpaired) electrons. The van der Waals surface area contributed by atoms with Crippen LogP contribution in [0.4, 0.5) is 14.5 Å². The van der Waals surface area contributed by atoms with Gasteiger partial charge in [-0.25, -0.2) is 13.6 Å². The lowest BCUT2D eigenvalue weighted by Gasteiger charge is -2.20. The van der Waals surface area contributed by atoms with E-state index in [1.54, 1.807) is 0 Å². The van der Waals surface area contributed by atoms with Gasteiger partial charge in [0, 0.05) is 6.07 Å². The zero-order chi connectivity index (χ0) is 19.6. The fourth-order valence-corrected chi connectivity index (χ4v) is 2.60. The number of fused-ring (bicyclic) bond motifs is 1. The average molecular weight is 398 g/mol. The van der Waals surface area contributed by atoms with Crippen molar-refractivity contribution in [3.8, 4) is 11.5 Å². The summed E-state index contributed by atoms with van der Waals surface area (Å²) in [6.07, 6.45) is -1.27. The Morgan fingerprint density at radius 3 is 2.70 bits per heavy atom. The van der Waals surface area contributed by atoms with Crippen LogP contribution < -0.4 is 14.8 Å². The number of halogens is 3. The molecule has 0 bridgehead atoms. The molecule has 0 unspecified atom stereocenters. The molecule has 0 saturated carbocycles. The molecule has 1 atom stereocenters. The first kappa shape index (κ1) is 18.9. The Balaban J connectivity index is 1.69. The smallest absolute Gasteiger partial charge is 0.339 e. The van der Waals surface area contributed by atoms with Gasteiger partial charge in [0.15, 0.2) is 17.6 Å². The Labute approximate surface area is 158 Å². The second-order valence-electron chi connectivity index (χ2n) is 5.64. The van der Waals surface area contributed by atoms with E-state index in [0.717, 1.165) is 18.2 Å². The summed E-state index contributed by atoms with van der Waals surface area (Å²) < 4.78 is 42.6. The minimum atomic E-state index is -1.27. The molecule has 1 amide bonds. The molecule has 3 rings (SSSR count). The Morgan fingerprint density at radius 2 is 1.93 bits per heavy atom. The number of hydrogen-bond acceptors (Lipinski definition) is 5. The number of carbonyl (C=O) groups excluding carboxylic acids is 2. The maximum atomic E-state index is 13.6. The number of anilines is 1. The summed E-state index contributed by atoms with van der Waals surface area (Å²) >= 11 is 6.06. The molecule has 6 nitrogen and oxygen atoms in total. The van der Waals surface area contributed by atoms with Crippen molar-refractivity contribution in [2.24, 2.45) is 0 Å². The summed E-state index contributed by atoms with van der Waals surface area (Å²) in [6.45, 7) is 1.94. The number of ether oxygens (including phenoxy) is 3. The minimum absolute atomic E-state index is 0.0563. The van der Waals surface area contributed by atoms with Crippen molar-refractivity contribution in [2.45, 2.75) is 13.0 Å². The summed E-state index contributed by atoms with van der Waals surface area (Å²) in [5, 5.41) is 2.33. The molecule has 1 aliphatic rings. The molecule has 27 heavy (non-hydrogen) atoms. The summed E-state index contributed by atoms with van der Waals surface area (Å²) in [5.41, 5.74) is -0.300. The lowest BCUT2D eigenvalue weighted by atomic mass is 10.2. The van der Waals surface area contributed by atoms with Gasteiger partial charge in [0.25, 0.3) is 5.91 Å². The van der Waals surface area contributed by atoms with Crippen molar-refractivity contribution in [1.82, 2.24) is 0 Å². The van der Waals surface area contributed by atoms with Crippen molar-refractivity contribution in [1.29, 1.82) is 0 Å². The molecule has 1 aliphatic heterocycles. The van der Waals surface area contributed by atoms with Crippen LogP contribution in [0.25, 0.3) is 0 Å². The number of benzene rings is 2. The predicted molar refractivity (Wildman–Crippen MR) is 92.3 cm³/mol. The quantitative estimate of drug-likeness (QED) is 0.798. The highest BCUT2D eigenvalue weighted by atomic mass is 35.5. The fourth-order valence-electron chi connectivity index (χ4n) is 2.34. The van der Waals surface area contributed by atoms with Crippen molar-refractivity contribution < 1.29 is 32.6 Å². The van der Waals surface area contributed by atoms with E-state index in [0.29, 0.717) is 24.7 Å². The molecular weight excluding hydrogens is 384 g/mol. The SMILES string of the molecule is C[C@H](OC(=O)c1cc(Cl)c2c(c1)OCCO2)C(=O)Nc1cc(F)ccc1F. The normalized spacial score (nSPS) is 13.6. The molecule has 9 heteroatoms. The first-order valence-corrected chi connectivity index (χ1v) is 8.29. The molecule has 2 aromatic carbocycles. The van der Waals surface area contributed by atoms with E-state index in [4.69, 9.17) is 25.8 Å². The van der Waals surface area contributed by atoms with Crippen LogP contribution >= 0.6 is 11.6 Å². The second kappa shape index (κ2) is 7.79. The highest BCUT2D eigenvalue weighted by Gasteiger charge is 2.24. The molecule has 0 aliphatic carbocycles. The van der Waals surface area contributed by atoms with Gasteiger partial charge in [0.1, 0.15) is 24.8 Å². The first-order valence-electron chi connectivity index (χ1n) is 7.91. The third-order valence-corrected chi connectivity index (χ3v) is 3.95. The fraction of sp³-hybridized carbons (Fsp3) is 0.222. The van der Waals surface area contributed by atoms with Crippen LogP contribution in [0.3, 0.4) is 0 Å². The first-order chi connectivity index (χ1) is 12.8. The molecule has 0 aromatic heterocycles. The van der Waals surface area contributed by atoms with Gasteiger partial charge in [-0.05, 0) is 31.2 Å². The van der Waals surface area contributed by atoms with Crippen molar-refractivity contribution in [3.63, 3.8) is 0 Å². The number of hydrogen-bond donors (Lipinski definition) is 1. The van der Waals surface area contributed by atoms with Gasteiger partial charge in [-0.2, -0.15) is 0 Å². The van der Waals surface area contributed by atoms with Crippen LogP contribution in [0.5, 0.6) is 11.5 Å². The monoisotopic (exact) mass is 397 g/mol. The number of carbonyl (C=O) groups is 2. The maximum Gasteiger partial charge on any atom is 0.339 e. The van der Waals surface area contributed by atoms with E-state index in [1.807, 2.05) is 0 Å². The van der Waals surface area contributed by atoms with Crippen LogP contribution in [-0.2, 0) is 9.53 Å². The van der Waals surface area contributed by atoms with Gasteiger partial charge < -0.3 is 19.5 Å². The van der Waals surface area contributed by atoms with Gasteiger partial charge in [-0.1, -0.05) is 11.6 Å². The van der Waals surface area contributed by atoms with Crippen molar-refractivity contribution in [3.05, 3.63) is 52.6 Å². The van der Waals surface area contributed by atoms with Crippen molar-refractivity contribution in [2.75, 3.05) is 18.5 Å². The number of esters is 1. The van der Waals surface area contributed by atoms with E-state index in [2.05, 4.69) is 5.32 Å². The number of rotatable bonds is 4. The van der Waals surface area contributed by atoms with Gasteiger partial charge >= 0.3 is 5.97 Å². The Bertz CT molecular complexity index is 906. The summed E-state index contributed by atoms with van der Waals surface area (Å²) in [7, 11) is 0. The van der Waals surface area contributed by atoms with Crippen LogP contribution in [0.15, 0.2) is 30.3 Å². The van der Waals surface area contributed by atoms with E-state index in [1.165, 1.54) is 19.1 Å². The van der Waals surface area contributed by atoms with E-state index >= 15 is 0 Å². The van der Waals surface area contributed by atoms with Gasteiger partial charge in [-0.3, -0.25) is 4.79 Å². The number of amides is 1. The van der Waals surface area contributed by atoms with E-state index in [-0.39, 0.29) is 16.3 Å². The van der Waals surface area contributed by atoms with Crippen molar-refractivity contribution >= 4 is 29.2 Å². The van der Waals surface area contributed by atoms with Gasteiger partial charge in [0.05, 0.1) is 16.3 Å². The largest absolute Gasteiger partial charge is 0.486 e. The van der Waals surface area contributed by atoms with Crippen LogP contribution in [-0.4, -0.2) is 31.2 Å². The molecule has 142 valence electrons. The lowest BCUT2D eigenvalue weighted by molar-refractivity contribution is -0.123. The van der Waals surface area contributed by atoms with Crippen LogP contribution in [0, 0.1) is 11.6 Å². The van der Waals surface area contributed by atoms with E-state index in [9.17, 15) is 18.4 Å². The molecule has 1 N–H and O–H groups in total. The molecule has 2 aromatic rings. The Kier molecular flexibility index (Phi) is 5.46. The Morgan fingerprint density at radius 1 is 1.19 bits per heavy atom. The molecule has 0 saturated heterocycles. The third kappa shape index (κ3) is 4.28. The average Bonchev–Trinajstić information content (AvgIpc) is 2.64. The highest BCUT2D eigenvalue weighted by molar-refractivity contribution is 6.32. The predicted octanol–water partition coefficient (Wildman–Crippen LogP) is 3.57. The summed E-state index contributed by atoms with van der Waals surface area (Å²) in [5.74, 6) is -2.58.